The molecule has 0 radical (unpaired) electrons. The number of hydrogen-bond donors (Lipinski definition) is 0. The number of rotatable bonds is 4. The van der Waals surface area contributed by atoms with Crippen LogP contribution in [0.5, 0.6) is 0 Å². The second-order valence-corrected chi connectivity index (χ2v) is 6.43. The normalized spacial score (nSPS) is 25.1. The van der Waals surface area contributed by atoms with Crippen molar-refractivity contribution >= 4 is 5.97 Å². The van der Waals surface area contributed by atoms with Gasteiger partial charge < -0.3 is 4.74 Å². The molecule has 0 aromatic heterocycles. The molecule has 1 fully saturated rings. The van der Waals surface area contributed by atoms with E-state index < -0.39 is 5.60 Å². The van der Waals surface area contributed by atoms with Gasteiger partial charge in [-0.15, -0.1) is 0 Å². The van der Waals surface area contributed by atoms with Gasteiger partial charge in [0.25, 0.3) is 0 Å². The van der Waals surface area contributed by atoms with E-state index in [1.165, 1.54) is 5.56 Å². The van der Waals surface area contributed by atoms with Crippen molar-refractivity contribution in [2.24, 2.45) is 0 Å². The van der Waals surface area contributed by atoms with Crippen LogP contribution in [0.3, 0.4) is 0 Å². The highest BCUT2D eigenvalue weighted by molar-refractivity contribution is 5.81. The smallest absolute Gasteiger partial charge is 0.325 e. The maximum absolute atomic E-state index is 12.2. The van der Waals surface area contributed by atoms with E-state index in [1.54, 1.807) is 0 Å². The second-order valence-electron chi connectivity index (χ2n) is 6.43. The SMILES string of the molecule is C=C(C)[C@H]1[C@@H](C(=O)OC(C)(C)C)N1Cc1ccccc1. The monoisotopic (exact) mass is 273 g/mol. The predicted molar refractivity (Wildman–Crippen MR) is 80.2 cm³/mol. The topological polar surface area (TPSA) is 29.3 Å². The Morgan fingerprint density at radius 3 is 2.35 bits per heavy atom. The molecule has 108 valence electrons. The summed E-state index contributed by atoms with van der Waals surface area (Å²) in [7, 11) is 0. The second kappa shape index (κ2) is 5.41. The number of hydrogen-bond acceptors (Lipinski definition) is 3. The summed E-state index contributed by atoms with van der Waals surface area (Å²) in [5.74, 6) is -0.151. The van der Waals surface area contributed by atoms with Gasteiger partial charge in [-0.2, -0.15) is 0 Å². The van der Waals surface area contributed by atoms with Gasteiger partial charge in [0.2, 0.25) is 0 Å². The number of carbonyl (C=O) groups excluding carboxylic acids is 1. The van der Waals surface area contributed by atoms with E-state index in [4.69, 9.17) is 4.74 Å². The molecule has 1 aromatic carbocycles. The Morgan fingerprint density at radius 1 is 1.25 bits per heavy atom. The molecule has 1 heterocycles. The molecule has 1 aromatic rings. The number of esters is 1. The molecule has 1 aliphatic heterocycles. The van der Waals surface area contributed by atoms with Crippen molar-refractivity contribution in [1.82, 2.24) is 4.90 Å². The summed E-state index contributed by atoms with van der Waals surface area (Å²) in [6.45, 7) is 12.4. The first kappa shape index (κ1) is 14.8. The summed E-state index contributed by atoms with van der Waals surface area (Å²) in [5.41, 5.74) is 1.76. The van der Waals surface area contributed by atoms with Crippen LogP contribution < -0.4 is 0 Å². The standard InChI is InChI=1S/C17H23NO2/c1-12(2)14-15(16(19)20-17(3,4)5)18(14)11-13-9-7-6-8-10-13/h6-10,14-15H,1,11H2,2-5H3/t14-,15-,18?/m0/s1. The molecule has 1 unspecified atom stereocenters. The molecule has 0 N–H and O–H groups in total. The molecule has 3 heteroatoms. The molecule has 3 nitrogen and oxygen atoms in total. The molecular formula is C17H23NO2. The van der Waals surface area contributed by atoms with Gasteiger partial charge in [0.15, 0.2) is 0 Å². The fourth-order valence-electron chi connectivity index (χ4n) is 2.45. The highest BCUT2D eigenvalue weighted by Gasteiger charge is 2.54. The van der Waals surface area contributed by atoms with Gasteiger partial charge in [0, 0.05) is 6.54 Å². The van der Waals surface area contributed by atoms with Gasteiger partial charge in [-0.05, 0) is 33.3 Å². The minimum Gasteiger partial charge on any atom is -0.459 e. The summed E-state index contributed by atoms with van der Waals surface area (Å²) in [6.07, 6.45) is 0. The van der Waals surface area contributed by atoms with Crippen LogP contribution in [0.2, 0.25) is 0 Å². The third-order valence-corrected chi connectivity index (χ3v) is 3.29. The van der Waals surface area contributed by atoms with Crippen LogP contribution in [0.1, 0.15) is 33.3 Å². The van der Waals surface area contributed by atoms with Crippen molar-refractivity contribution in [2.75, 3.05) is 0 Å². The van der Waals surface area contributed by atoms with Gasteiger partial charge in [-0.1, -0.05) is 42.5 Å². The van der Waals surface area contributed by atoms with Gasteiger partial charge in [0.1, 0.15) is 11.6 Å². The Balaban J connectivity index is 2.05. The molecule has 1 saturated heterocycles. The number of carbonyl (C=O) groups is 1. The molecule has 0 bridgehead atoms. The molecule has 20 heavy (non-hydrogen) atoms. The average Bonchev–Trinajstić information content (AvgIpc) is 3.02. The molecule has 0 spiro atoms. The molecule has 0 saturated carbocycles. The van der Waals surface area contributed by atoms with E-state index in [-0.39, 0.29) is 18.1 Å². The Morgan fingerprint density at radius 2 is 1.85 bits per heavy atom. The van der Waals surface area contributed by atoms with E-state index in [0.29, 0.717) is 0 Å². The van der Waals surface area contributed by atoms with Crippen LogP contribution in [-0.2, 0) is 16.1 Å². The van der Waals surface area contributed by atoms with Crippen molar-refractivity contribution in [1.29, 1.82) is 0 Å². The third kappa shape index (κ3) is 3.48. The Labute approximate surface area is 121 Å². The minimum atomic E-state index is -0.447. The van der Waals surface area contributed by atoms with Crippen LogP contribution in [-0.4, -0.2) is 28.6 Å². The minimum absolute atomic E-state index is 0.102. The maximum atomic E-state index is 12.2. The first-order valence-corrected chi connectivity index (χ1v) is 6.97. The van der Waals surface area contributed by atoms with Crippen molar-refractivity contribution in [3.63, 3.8) is 0 Å². The van der Waals surface area contributed by atoms with Crippen LogP contribution >= 0.6 is 0 Å². The predicted octanol–water partition coefficient (Wildman–Crippen LogP) is 3.16. The largest absolute Gasteiger partial charge is 0.459 e. The van der Waals surface area contributed by atoms with Crippen molar-refractivity contribution < 1.29 is 9.53 Å². The van der Waals surface area contributed by atoms with Gasteiger partial charge in [0.05, 0.1) is 6.04 Å². The van der Waals surface area contributed by atoms with Crippen LogP contribution in [0.15, 0.2) is 42.5 Å². The lowest BCUT2D eigenvalue weighted by Gasteiger charge is -2.19. The Bertz CT molecular complexity index is 501. The fraction of sp³-hybridized carbons (Fsp3) is 0.471. The zero-order chi connectivity index (χ0) is 14.9. The average molecular weight is 273 g/mol. The molecule has 1 aliphatic rings. The first-order valence-electron chi connectivity index (χ1n) is 6.97. The van der Waals surface area contributed by atoms with Crippen LogP contribution in [0, 0.1) is 0 Å². The van der Waals surface area contributed by atoms with Gasteiger partial charge >= 0.3 is 5.97 Å². The molecule has 0 amide bonds. The van der Waals surface area contributed by atoms with E-state index in [9.17, 15) is 4.79 Å². The maximum Gasteiger partial charge on any atom is 0.325 e. The highest BCUT2D eigenvalue weighted by Crippen LogP contribution is 2.36. The van der Waals surface area contributed by atoms with Gasteiger partial charge in [-0.3, -0.25) is 9.69 Å². The molecule has 3 atom stereocenters. The highest BCUT2D eigenvalue weighted by atomic mass is 16.6. The van der Waals surface area contributed by atoms with E-state index in [1.807, 2.05) is 45.9 Å². The van der Waals surface area contributed by atoms with Crippen LogP contribution in [0.4, 0.5) is 0 Å². The molecular weight excluding hydrogens is 250 g/mol. The number of ether oxygens (including phenoxy) is 1. The van der Waals surface area contributed by atoms with E-state index in [2.05, 4.69) is 23.6 Å². The van der Waals surface area contributed by atoms with E-state index >= 15 is 0 Å². The Hall–Kier alpha value is -1.61. The van der Waals surface area contributed by atoms with Crippen LogP contribution in [0.25, 0.3) is 0 Å². The summed E-state index contributed by atoms with van der Waals surface area (Å²) in [5, 5.41) is 0. The lowest BCUT2D eigenvalue weighted by Crippen LogP contribution is -2.28. The third-order valence-electron chi connectivity index (χ3n) is 3.29. The molecule has 0 aliphatic carbocycles. The van der Waals surface area contributed by atoms with Gasteiger partial charge in [-0.25, -0.2) is 0 Å². The lowest BCUT2D eigenvalue weighted by molar-refractivity contribution is -0.155. The molecule has 2 rings (SSSR count). The quantitative estimate of drug-likeness (QED) is 0.479. The summed E-state index contributed by atoms with van der Waals surface area (Å²) in [4.78, 5) is 14.4. The lowest BCUT2D eigenvalue weighted by atomic mass is 10.1. The zero-order valence-corrected chi connectivity index (χ0v) is 12.7. The van der Waals surface area contributed by atoms with E-state index in [0.717, 1.165) is 12.1 Å². The fourth-order valence-corrected chi connectivity index (χ4v) is 2.45. The van der Waals surface area contributed by atoms with Crippen molar-refractivity contribution in [3.05, 3.63) is 48.0 Å². The van der Waals surface area contributed by atoms with Crippen molar-refractivity contribution in [2.45, 2.75) is 51.9 Å². The first-order chi connectivity index (χ1) is 9.29. The number of benzene rings is 1. The zero-order valence-electron chi connectivity index (χ0n) is 12.7. The Kier molecular flexibility index (Phi) is 4.00. The van der Waals surface area contributed by atoms with Crippen molar-refractivity contribution in [3.8, 4) is 0 Å². The summed E-state index contributed by atoms with van der Waals surface area (Å²) in [6, 6.07) is 10.1. The summed E-state index contributed by atoms with van der Waals surface area (Å²) < 4.78 is 5.49. The summed E-state index contributed by atoms with van der Waals surface area (Å²) >= 11 is 0. The number of nitrogens with zero attached hydrogens (tertiary/aromatic N) is 1.